The van der Waals surface area contributed by atoms with Crippen LogP contribution in [0.2, 0.25) is 0 Å². The molecule has 30 heavy (non-hydrogen) atoms. The number of esters is 2. The Hall–Kier alpha value is -1.94. The smallest absolute Gasteiger partial charge is 0.468 e. The zero-order valence-electron chi connectivity index (χ0n) is 15.1. The predicted molar refractivity (Wildman–Crippen MR) is 81.1 cm³/mol. The summed E-state index contributed by atoms with van der Waals surface area (Å²) < 4.78 is 136. The second kappa shape index (κ2) is 9.91. The lowest BCUT2D eigenvalue weighted by Gasteiger charge is -2.32. The van der Waals surface area contributed by atoms with Crippen LogP contribution >= 0.6 is 0 Å². The van der Waals surface area contributed by atoms with Gasteiger partial charge in [-0.3, -0.25) is 0 Å². The fraction of sp³-hybridized carbons (Fsp3) is 0.714. The van der Waals surface area contributed by atoms with Crippen molar-refractivity contribution in [1.82, 2.24) is 0 Å². The van der Waals surface area contributed by atoms with Crippen LogP contribution in [0.3, 0.4) is 0 Å². The highest BCUT2D eigenvalue weighted by atomic mass is 32.2. The molecule has 0 saturated carbocycles. The predicted octanol–water partition coefficient (Wildman–Crippen LogP) is 2.50. The monoisotopic (exact) mass is 477 g/mol. The summed E-state index contributed by atoms with van der Waals surface area (Å²) in [6, 6.07) is 0. The van der Waals surface area contributed by atoms with Crippen LogP contribution in [0.5, 0.6) is 0 Å². The van der Waals surface area contributed by atoms with Crippen molar-refractivity contribution in [3.05, 3.63) is 12.7 Å². The Labute approximate surface area is 165 Å². The van der Waals surface area contributed by atoms with Gasteiger partial charge in [0.15, 0.2) is 10.1 Å². The first-order valence-corrected chi connectivity index (χ1v) is 9.24. The minimum atomic E-state index is -6.72. The molecule has 0 aromatic heterocycles. The number of unbranched alkanes of at least 4 members (excludes halogenated alkanes) is 1. The Balaban J connectivity index is 5.34. The lowest BCUT2D eigenvalue weighted by Crippen LogP contribution is -2.58. The molecule has 0 aliphatic rings. The van der Waals surface area contributed by atoms with Crippen molar-refractivity contribution in [2.24, 2.45) is 0 Å². The fourth-order valence-electron chi connectivity index (χ4n) is 1.79. The van der Waals surface area contributed by atoms with Gasteiger partial charge in [-0.2, -0.15) is 30.7 Å². The van der Waals surface area contributed by atoms with Crippen molar-refractivity contribution in [2.75, 3.05) is 13.2 Å². The summed E-state index contributed by atoms with van der Waals surface area (Å²) in [6.07, 6.45) is -9.30. The molecule has 0 rings (SSSR count). The lowest BCUT2D eigenvalue weighted by molar-refractivity contribution is -0.354. The second-order valence-corrected chi connectivity index (χ2v) is 6.86. The summed E-state index contributed by atoms with van der Waals surface area (Å²) in [7, 11) is -6.72. The van der Waals surface area contributed by atoms with E-state index in [1.807, 2.05) is 0 Å². The van der Waals surface area contributed by atoms with E-state index in [1.165, 1.54) is 0 Å². The first-order valence-electron chi connectivity index (χ1n) is 7.84. The van der Waals surface area contributed by atoms with Gasteiger partial charge in [0.1, 0.15) is 0 Å². The topological polar surface area (TPSA) is 119 Å². The van der Waals surface area contributed by atoms with Crippen LogP contribution in [0.1, 0.15) is 26.2 Å². The first kappa shape index (κ1) is 28.1. The largest absolute Gasteiger partial charge is 0.743 e. The average Bonchev–Trinajstić information content (AvgIpc) is 2.57. The maximum absolute atomic E-state index is 13.4. The molecular weight excluding hydrogens is 461 g/mol. The summed E-state index contributed by atoms with van der Waals surface area (Å²) in [5.41, 5.74) is 0. The highest BCUT2D eigenvalue weighted by molar-refractivity contribution is 7.86. The molecule has 176 valence electrons. The molecule has 0 radical (unpaired) electrons. The average molecular weight is 477 g/mol. The third kappa shape index (κ3) is 6.28. The molecule has 0 fully saturated rings. The zero-order valence-corrected chi connectivity index (χ0v) is 16.0. The van der Waals surface area contributed by atoms with E-state index in [9.17, 15) is 53.3 Å². The molecule has 0 N–H and O–H groups in total. The minimum absolute atomic E-state index is 0.259. The molecule has 1 atom stereocenters. The fourth-order valence-corrected chi connectivity index (χ4v) is 2.26. The van der Waals surface area contributed by atoms with Crippen LogP contribution in [-0.2, 0) is 33.9 Å². The molecule has 0 aliphatic heterocycles. The van der Waals surface area contributed by atoms with E-state index in [4.69, 9.17) is 0 Å². The van der Waals surface area contributed by atoms with E-state index in [-0.39, 0.29) is 6.08 Å². The van der Waals surface area contributed by atoms with Gasteiger partial charge in [0.05, 0.1) is 13.2 Å². The van der Waals surface area contributed by atoms with Gasteiger partial charge in [-0.05, 0) is 19.8 Å². The SMILES string of the molecule is C=CC(=O)OC(OCCCCC(F)(F)C(F)(F)S(=O)(=O)[O-])(C(=O)OCC)C(F)(F)F. The highest BCUT2D eigenvalue weighted by Gasteiger charge is 2.67. The Morgan fingerprint density at radius 1 is 1.07 bits per heavy atom. The van der Waals surface area contributed by atoms with Crippen molar-refractivity contribution in [1.29, 1.82) is 0 Å². The number of carbonyl (C=O) groups is 2. The van der Waals surface area contributed by atoms with Crippen molar-refractivity contribution >= 4 is 22.1 Å². The number of rotatable bonds is 12. The van der Waals surface area contributed by atoms with Crippen molar-refractivity contribution < 1.29 is 67.5 Å². The summed E-state index contributed by atoms with van der Waals surface area (Å²) in [4.78, 5) is 22.9. The molecule has 0 heterocycles. The Kier molecular flexibility index (Phi) is 9.27. The number of ether oxygens (including phenoxy) is 3. The van der Waals surface area contributed by atoms with E-state index < -0.39 is 77.7 Å². The number of hydrogen-bond acceptors (Lipinski definition) is 8. The van der Waals surface area contributed by atoms with Crippen LogP contribution in [0, 0.1) is 0 Å². The van der Waals surface area contributed by atoms with Crippen LogP contribution in [-0.4, -0.2) is 61.3 Å². The standard InChI is InChI=1S/C14H17F7O8S/c1-3-9(22)29-12(13(17,18)19,10(23)27-4-2)28-8-6-5-7-11(15,16)14(20,21)30(24,25)26/h3H,1,4-8H2,2H3,(H,24,25,26)/p-1. The maximum Gasteiger partial charge on any atom is 0.468 e. The molecule has 0 amide bonds. The third-order valence-corrected chi connectivity index (χ3v) is 4.19. The normalized spacial score (nSPS) is 15.2. The number of carbonyl (C=O) groups excluding carboxylic acids is 2. The Morgan fingerprint density at radius 2 is 1.60 bits per heavy atom. The van der Waals surface area contributed by atoms with Gasteiger partial charge in [0.2, 0.25) is 0 Å². The van der Waals surface area contributed by atoms with Gasteiger partial charge >= 0.3 is 35.1 Å². The Morgan fingerprint density at radius 3 is 2.00 bits per heavy atom. The highest BCUT2D eigenvalue weighted by Crippen LogP contribution is 2.42. The van der Waals surface area contributed by atoms with E-state index in [1.54, 1.807) is 0 Å². The van der Waals surface area contributed by atoms with E-state index >= 15 is 0 Å². The third-order valence-electron chi connectivity index (χ3n) is 3.26. The summed E-state index contributed by atoms with van der Waals surface area (Å²) >= 11 is 0. The minimum Gasteiger partial charge on any atom is -0.743 e. The number of halogens is 7. The second-order valence-electron chi connectivity index (χ2n) is 5.44. The lowest BCUT2D eigenvalue weighted by atomic mass is 10.1. The van der Waals surface area contributed by atoms with Crippen molar-refractivity contribution in [3.8, 4) is 0 Å². The van der Waals surface area contributed by atoms with Gasteiger partial charge in [-0.25, -0.2) is 18.0 Å². The molecule has 0 aliphatic carbocycles. The molecule has 0 aromatic carbocycles. The molecule has 8 nitrogen and oxygen atoms in total. The molecule has 16 heteroatoms. The molecule has 1 unspecified atom stereocenters. The van der Waals surface area contributed by atoms with Crippen LogP contribution in [0.15, 0.2) is 12.7 Å². The summed E-state index contributed by atoms with van der Waals surface area (Å²) in [5.74, 6) is -13.6. The molecule has 0 spiro atoms. The van der Waals surface area contributed by atoms with Gasteiger partial charge in [0.25, 0.3) is 0 Å². The molecule has 0 saturated heterocycles. The summed E-state index contributed by atoms with van der Waals surface area (Å²) in [5, 5.41) is -5.96. The van der Waals surface area contributed by atoms with Gasteiger partial charge in [-0.15, -0.1) is 0 Å². The van der Waals surface area contributed by atoms with Gasteiger partial charge in [-0.1, -0.05) is 6.58 Å². The van der Waals surface area contributed by atoms with Crippen LogP contribution < -0.4 is 0 Å². The van der Waals surface area contributed by atoms with Crippen molar-refractivity contribution in [2.45, 2.75) is 49.3 Å². The van der Waals surface area contributed by atoms with Crippen LogP contribution in [0.4, 0.5) is 30.7 Å². The molecule has 0 aromatic rings. The summed E-state index contributed by atoms with van der Waals surface area (Å²) in [6.45, 7) is 2.10. The maximum atomic E-state index is 13.4. The van der Waals surface area contributed by atoms with E-state index in [2.05, 4.69) is 20.8 Å². The first-order chi connectivity index (χ1) is 13.4. The van der Waals surface area contributed by atoms with Crippen molar-refractivity contribution in [3.63, 3.8) is 0 Å². The van der Waals surface area contributed by atoms with Crippen LogP contribution in [0.25, 0.3) is 0 Å². The van der Waals surface area contributed by atoms with Gasteiger partial charge < -0.3 is 18.8 Å². The van der Waals surface area contributed by atoms with E-state index in [0.29, 0.717) is 0 Å². The van der Waals surface area contributed by atoms with Gasteiger partial charge in [0, 0.05) is 12.5 Å². The number of alkyl halides is 7. The number of hydrogen-bond donors (Lipinski definition) is 0. The molecule has 0 bridgehead atoms. The Bertz CT molecular complexity index is 735. The van der Waals surface area contributed by atoms with E-state index in [0.717, 1.165) is 6.92 Å². The molecular formula is C14H16F7O8S-. The zero-order chi connectivity index (χ0) is 24.0. The quantitative estimate of drug-likeness (QED) is 0.105.